The van der Waals surface area contributed by atoms with Crippen LogP contribution >= 0.6 is 0 Å². The van der Waals surface area contributed by atoms with E-state index in [1.807, 2.05) is 0 Å². The number of hydrogen-bond acceptors (Lipinski definition) is 6. The lowest BCUT2D eigenvalue weighted by atomic mass is 9.89. The molecule has 0 amide bonds. The standard InChI is InChI=1S/C24H26N2O4/c1-25(2)7-8-26-13-16-10-20(27-3)21(28-4)11-18(16)17-6-5-15-9-22-23(30-14-29-22)12-19(15)24(17)26/h5-6,9-12H,7-8,13-14H2,1-4H3. The number of methoxy groups -OCH3 is 2. The Labute approximate surface area is 176 Å². The van der Waals surface area contributed by atoms with E-state index in [9.17, 15) is 0 Å². The molecular weight excluding hydrogens is 380 g/mol. The summed E-state index contributed by atoms with van der Waals surface area (Å²) in [7, 11) is 7.57. The lowest BCUT2D eigenvalue weighted by Crippen LogP contribution is -2.33. The van der Waals surface area contributed by atoms with Crippen LogP contribution in [0.4, 0.5) is 5.69 Å². The average Bonchev–Trinajstić information content (AvgIpc) is 3.21. The third-order valence-electron chi connectivity index (χ3n) is 5.88. The molecule has 0 saturated carbocycles. The predicted octanol–water partition coefficient (Wildman–Crippen LogP) is 4.13. The zero-order valence-electron chi connectivity index (χ0n) is 17.8. The third-order valence-corrected chi connectivity index (χ3v) is 5.88. The first-order chi connectivity index (χ1) is 14.6. The summed E-state index contributed by atoms with van der Waals surface area (Å²) in [4.78, 5) is 4.66. The van der Waals surface area contributed by atoms with Crippen LogP contribution in [0.1, 0.15) is 5.56 Å². The van der Waals surface area contributed by atoms with Crippen LogP contribution in [0.15, 0.2) is 36.4 Å². The Morgan fingerprint density at radius 2 is 1.67 bits per heavy atom. The summed E-state index contributed by atoms with van der Waals surface area (Å²) >= 11 is 0. The first kappa shape index (κ1) is 18.9. The molecule has 0 fully saturated rings. The first-order valence-electron chi connectivity index (χ1n) is 10.1. The Bertz CT molecular complexity index is 1130. The highest BCUT2D eigenvalue weighted by atomic mass is 16.7. The average molecular weight is 406 g/mol. The fourth-order valence-corrected chi connectivity index (χ4v) is 4.35. The van der Waals surface area contributed by atoms with E-state index in [-0.39, 0.29) is 6.79 Å². The molecule has 6 heteroatoms. The van der Waals surface area contributed by atoms with Crippen molar-refractivity contribution in [2.45, 2.75) is 6.54 Å². The van der Waals surface area contributed by atoms with Crippen molar-refractivity contribution < 1.29 is 18.9 Å². The summed E-state index contributed by atoms with van der Waals surface area (Å²) in [5.41, 5.74) is 4.84. The summed E-state index contributed by atoms with van der Waals surface area (Å²) in [5.74, 6) is 3.12. The van der Waals surface area contributed by atoms with Gasteiger partial charge in [0, 0.05) is 30.6 Å². The Kier molecular flexibility index (Phi) is 4.59. The predicted molar refractivity (Wildman–Crippen MR) is 118 cm³/mol. The van der Waals surface area contributed by atoms with Crippen LogP contribution in [0, 0.1) is 0 Å². The molecule has 0 radical (unpaired) electrons. The molecule has 30 heavy (non-hydrogen) atoms. The van der Waals surface area contributed by atoms with E-state index in [4.69, 9.17) is 18.9 Å². The van der Waals surface area contributed by atoms with Crippen LogP contribution in [0.25, 0.3) is 21.9 Å². The highest BCUT2D eigenvalue weighted by Crippen LogP contribution is 2.48. The summed E-state index contributed by atoms with van der Waals surface area (Å²) in [6.45, 7) is 2.96. The maximum atomic E-state index is 5.68. The summed E-state index contributed by atoms with van der Waals surface area (Å²) in [5, 5.41) is 2.33. The number of rotatable bonds is 5. The molecule has 156 valence electrons. The van der Waals surface area contributed by atoms with E-state index in [0.717, 1.165) is 48.0 Å². The van der Waals surface area contributed by atoms with Crippen LogP contribution < -0.4 is 23.8 Å². The SMILES string of the molecule is COc1cc2c(cc1OC)-c1ccc3cc4c(cc3c1N(CCN(C)C)C2)OCO4. The Balaban J connectivity index is 1.74. The molecule has 0 bridgehead atoms. The van der Waals surface area contributed by atoms with Gasteiger partial charge in [0.15, 0.2) is 23.0 Å². The van der Waals surface area contributed by atoms with E-state index in [1.54, 1.807) is 14.2 Å². The molecule has 0 spiro atoms. The molecule has 6 nitrogen and oxygen atoms in total. The van der Waals surface area contributed by atoms with Crippen LogP contribution in [-0.4, -0.2) is 53.1 Å². The first-order valence-corrected chi connectivity index (χ1v) is 10.1. The van der Waals surface area contributed by atoms with E-state index in [2.05, 4.69) is 60.3 Å². The van der Waals surface area contributed by atoms with Crippen LogP contribution in [-0.2, 0) is 6.54 Å². The van der Waals surface area contributed by atoms with Gasteiger partial charge in [-0.05, 0) is 54.9 Å². The number of likely N-dealkylation sites (N-methyl/N-ethyl adjacent to an activating group) is 1. The van der Waals surface area contributed by atoms with Crippen LogP contribution in [0.5, 0.6) is 23.0 Å². The molecule has 0 saturated heterocycles. The molecule has 2 aliphatic rings. The highest BCUT2D eigenvalue weighted by Gasteiger charge is 2.27. The summed E-state index contributed by atoms with van der Waals surface area (Å²) in [6, 6.07) is 12.7. The minimum Gasteiger partial charge on any atom is -0.493 e. The van der Waals surface area contributed by atoms with Gasteiger partial charge in [-0.2, -0.15) is 0 Å². The molecule has 2 heterocycles. The smallest absolute Gasteiger partial charge is 0.231 e. The van der Waals surface area contributed by atoms with Gasteiger partial charge >= 0.3 is 0 Å². The van der Waals surface area contributed by atoms with Gasteiger partial charge in [0.05, 0.1) is 19.9 Å². The minimum atomic E-state index is 0.276. The lowest BCUT2D eigenvalue weighted by Gasteiger charge is -2.35. The number of benzene rings is 3. The van der Waals surface area contributed by atoms with E-state index in [0.29, 0.717) is 0 Å². The fraction of sp³-hybridized carbons (Fsp3) is 0.333. The molecule has 3 aromatic rings. The van der Waals surface area contributed by atoms with Gasteiger partial charge in [-0.15, -0.1) is 0 Å². The van der Waals surface area contributed by atoms with Gasteiger partial charge < -0.3 is 28.7 Å². The number of fused-ring (bicyclic) bond motifs is 6. The quantitative estimate of drug-likeness (QED) is 0.635. The molecule has 3 aromatic carbocycles. The van der Waals surface area contributed by atoms with E-state index < -0.39 is 0 Å². The van der Waals surface area contributed by atoms with Gasteiger partial charge in [-0.1, -0.05) is 12.1 Å². The molecule has 2 aliphatic heterocycles. The largest absolute Gasteiger partial charge is 0.493 e. The Hall–Kier alpha value is -3.12. The van der Waals surface area contributed by atoms with Crippen molar-refractivity contribution in [1.82, 2.24) is 4.90 Å². The lowest BCUT2D eigenvalue weighted by molar-refractivity contribution is 0.174. The monoisotopic (exact) mass is 406 g/mol. The van der Waals surface area contributed by atoms with E-state index in [1.165, 1.54) is 27.8 Å². The number of hydrogen-bond donors (Lipinski definition) is 0. The van der Waals surface area contributed by atoms with Gasteiger partial charge in [0.2, 0.25) is 6.79 Å². The summed E-state index contributed by atoms with van der Waals surface area (Å²) in [6.07, 6.45) is 0. The van der Waals surface area contributed by atoms with Crippen LogP contribution in [0.3, 0.4) is 0 Å². The second-order valence-corrected chi connectivity index (χ2v) is 7.98. The van der Waals surface area contributed by atoms with Crippen molar-refractivity contribution in [2.24, 2.45) is 0 Å². The Morgan fingerprint density at radius 3 is 2.40 bits per heavy atom. The van der Waals surface area contributed by atoms with Gasteiger partial charge in [0.25, 0.3) is 0 Å². The molecule has 0 aliphatic carbocycles. The van der Waals surface area contributed by atoms with Crippen molar-refractivity contribution in [3.63, 3.8) is 0 Å². The number of ether oxygens (including phenoxy) is 4. The van der Waals surface area contributed by atoms with Crippen molar-refractivity contribution >= 4 is 16.5 Å². The third kappa shape index (κ3) is 2.99. The molecular formula is C24H26N2O4. The normalized spacial score (nSPS) is 14.1. The highest BCUT2D eigenvalue weighted by molar-refractivity contribution is 6.05. The molecule has 0 unspecified atom stereocenters. The van der Waals surface area contributed by atoms with Crippen molar-refractivity contribution in [3.8, 4) is 34.1 Å². The van der Waals surface area contributed by atoms with Gasteiger partial charge in [-0.25, -0.2) is 0 Å². The summed E-state index contributed by atoms with van der Waals surface area (Å²) < 4.78 is 22.4. The minimum absolute atomic E-state index is 0.276. The van der Waals surface area contributed by atoms with Gasteiger partial charge in [0.1, 0.15) is 0 Å². The molecule has 0 atom stereocenters. The van der Waals surface area contributed by atoms with E-state index >= 15 is 0 Å². The van der Waals surface area contributed by atoms with Gasteiger partial charge in [-0.3, -0.25) is 0 Å². The fourth-order valence-electron chi connectivity index (χ4n) is 4.35. The number of anilines is 1. The molecule has 0 aromatic heterocycles. The zero-order valence-corrected chi connectivity index (χ0v) is 17.8. The maximum Gasteiger partial charge on any atom is 0.231 e. The number of nitrogens with zero attached hydrogens (tertiary/aromatic N) is 2. The zero-order chi connectivity index (χ0) is 20.8. The maximum absolute atomic E-state index is 5.68. The molecule has 0 N–H and O–H groups in total. The van der Waals surface area contributed by atoms with Crippen molar-refractivity contribution in [2.75, 3.05) is 53.1 Å². The topological polar surface area (TPSA) is 43.4 Å². The second-order valence-electron chi connectivity index (χ2n) is 7.98. The van der Waals surface area contributed by atoms with Crippen LogP contribution in [0.2, 0.25) is 0 Å². The van der Waals surface area contributed by atoms with Crippen molar-refractivity contribution in [3.05, 3.63) is 42.0 Å². The van der Waals surface area contributed by atoms with Crippen molar-refractivity contribution in [1.29, 1.82) is 0 Å². The Morgan fingerprint density at radius 1 is 0.933 bits per heavy atom. The second kappa shape index (κ2) is 7.29. The molecule has 5 rings (SSSR count).